The smallest absolute Gasteiger partial charge is 0.136 e. The van der Waals surface area contributed by atoms with Crippen LogP contribution in [-0.2, 0) is 0 Å². The molecule has 1 saturated carbocycles. The highest BCUT2D eigenvalue weighted by Gasteiger charge is 2.28. The first-order valence-corrected chi connectivity index (χ1v) is 6.96. The zero-order valence-corrected chi connectivity index (χ0v) is 11.8. The van der Waals surface area contributed by atoms with Crippen LogP contribution in [0.2, 0.25) is 0 Å². The van der Waals surface area contributed by atoms with E-state index >= 15 is 0 Å². The van der Waals surface area contributed by atoms with E-state index in [4.69, 9.17) is 5.73 Å². The van der Waals surface area contributed by atoms with Crippen molar-refractivity contribution in [2.24, 2.45) is 0 Å². The lowest BCUT2D eigenvalue weighted by Crippen LogP contribution is -2.13. The van der Waals surface area contributed by atoms with Crippen LogP contribution in [0.4, 0.5) is 11.6 Å². The highest BCUT2D eigenvalue weighted by atomic mass is 15.1. The quantitative estimate of drug-likeness (QED) is 0.892. The lowest BCUT2D eigenvalue weighted by molar-refractivity contribution is 0.818. The Hall–Kier alpha value is -2.17. The van der Waals surface area contributed by atoms with Crippen molar-refractivity contribution in [1.82, 2.24) is 15.0 Å². The minimum Gasteiger partial charge on any atom is -0.383 e. The summed E-state index contributed by atoms with van der Waals surface area (Å²) in [7, 11) is 0. The molecule has 3 N–H and O–H groups in total. The van der Waals surface area contributed by atoms with Gasteiger partial charge in [0, 0.05) is 17.7 Å². The fourth-order valence-electron chi connectivity index (χ4n) is 2.13. The predicted molar refractivity (Wildman–Crippen MR) is 79.4 cm³/mol. The first kappa shape index (κ1) is 12.8. The lowest BCUT2D eigenvalue weighted by Gasteiger charge is -2.17. The molecular weight excluding hydrogens is 250 g/mol. The summed E-state index contributed by atoms with van der Waals surface area (Å²) in [5, 5.41) is 3.40. The molecule has 1 unspecified atom stereocenters. The molecule has 104 valence electrons. The van der Waals surface area contributed by atoms with E-state index in [0.29, 0.717) is 11.7 Å². The zero-order valence-electron chi connectivity index (χ0n) is 11.8. The van der Waals surface area contributed by atoms with E-state index in [1.54, 1.807) is 6.20 Å². The maximum absolute atomic E-state index is 5.99. The van der Waals surface area contributed by atoms with Gasteiger partial charge in [0.2, 0.25) is 0 Å². The molecule has 1 fully saturated rings. The first-order valence-electron chi connectivity index (χ1n) is 6.96. The summed E-state index contributed by atoms with van der Waals surface area (Å²) in [4.78, 5) is 13.4. The molecule has 0 aromatic carbocycles. The van der Waals surface area contributed by atoms with E-state index < -0.39 is 0 Å². The van der Waals surface area contributed by atoms with Crippen molar-refractivity contribution in [2.45, 2.75) is 38.6 Å². The number of rotatable bonds is 4. The molecule has 1 atom stereocenters. The summed E-state index contributed by atoms with van der Waals surface area (Å²) >= 11 is 0. The molecule has 5 nitrogen and oxygen atoms in total. The molecule has 0 radical (unpaired) electrons. The predicted octanol–water partition coefficient (Wildman–Crippen LogP) is 2.81. The van der Waals surface area contributed by atoms with Gasteiger partial charge in [-0.05, 0) is 38.8 Å². The van der Waals surface area contributed by atoms with Crippen molar-refractivity contribution in [1.29, 1.82) is 0 Å². The molecule has 1 aliphatic rings. The van der Waals surface area contributed by atoms with Crippen molar-refractivity contribution in [2.75, 3.05) is 11.1 Å². The Morgan fingerprint density at radius 3 is 2.75 bits per heavy atom. The average molecular weight is 269 g/mol. The molecule has 0 aliphatic heterocycles. The summed E-state index contributed by atoms with van der Waals surface area (Å²) in [6.45, 7) is 4.01. The summed E-state index contributed by atoms with van der Waals surface area (Å²) in [6.07, 6.45) is 4.12. The van der Waals surface area contributed by atoms with Gasteiger partial charge < -0.3 is 11.1 Å². The molecule has 0 spiro atoms. The van der Waals surface area contributed by atoms with Gasteiger partial charge in [-0.3, -0.25) is 4.98 Å². The summed E-state index contributed by atoms with van der Waals surface area (Å²) in [5.41, 5.74) is 7.88. The summed E-state index contributed by atoms with van der Waals surface area (Å²) < 4.78 is 0. The van der Waals surface area contributed by atoms with Crippen LogP contribution in [0.1, 0.15) is 48.8 Å². The largest absolute Gasteiger partial charge is 0.383 e. The van der Waals surface area contributed by atoms with Crippen LogP contribution in [0.25, 0.3) is 0 Å². The number of anilines is 2. The van der Waals surface area contributed by atoms with E-state index in [-0.39, 0.29) is 6.04 Å². The Kier molecular flexibility index (Phi) is 3.26. The van der Waals surface area contributed by atoms with Gasteiger partial charge in [0.15, 0.2) is 0 Å². The van der Waals surface area contributed by atoms with Gasteiger partial charge in [0.25, 0.3) is 0 Å². The second-order valence-corrected chi connectivity index (χ2v) is 5.34. The van der Waals surface area contributed by atoms with Crippen molar-refractivity contribution < 1.29 is 0 Å². The van der Waals surface area contributed by atoms with E-state index in [2.05, 4.69) is 27.2 Å². The molecule has 0 bridgehead atoms. The van der Waals surface area contributed by atoms with Crippen molar-refractivity contribution in [3.63, 3.8) is 0 Å². The number of hydrogen-bond acceptors (Lipinski definition) is 5. The van der Waals surface area contributed by atoms with Crippen LogP contribution in [-0.4, -0.2) is 15.0 Å². The molecule has 2 heterocycles. The van der Waals surface area contributed by atoms with E-state index in [0.717, 1.165) is 35.7 Å². The molecule has 1 aliphatic carbocycles. The molecule has 0 saturated heterocycles. The van der Waals surface area contributed by atoms with Gasteiger partial charge in [-0.15, -0.1) is 0 Å². The van der Waals surface area contributed by atoms with Gasteiger partial charge in [-0.1, -0.05) is 6.07 Å². The lowest BCUT2D eigenvalue weighted by atomic mass is 10.2. The SMILES string of the molecule is Cc1c(N)nc(C2CC2)nc1NC(C)c1ccccn1. The summed E-state index contributed by atoms with van der Waals surface area (Å²) in [6, 6.07) is 5.97. The summed E-state index contributed by atoms with van der Waals surface area (Å²) in [5.74, 6) is 2.74. The van der Waals surface area contributed by atoms with Crippen LogP contribution in [0, 0.1) is 6.92 Å². The second-order valence-electron chi connectivity index (χ2n) is 5.34. The third kappa shape index (κ3) is 2.57. The minimum absolute atomic E-state index is 0.0799. The van der Waals surface area contributed by atoms with Crippen LogP contribution in [0.5, 0.6) is 0 Å². The van der Waals surface area contributed by atoms with Crippen molar-refractivity contribution in [3.05, 3.63) is 41.5 Å². The number of nitrogen functional groups attached to an aromatic ring is 1. The number of aromatic nitrogens is 3. The van der Waals surface area contributed by atoms with Gasteiger partial charge in [-0.25, -0.2) is 9.97 Å². The Balaban J connectivity index is 1.86. The third-order valence-electron chi connectivity index (χ3n) is 3.63. The standard InChI is InChI=1S/C15H19N5/c1-9-13(16)19-15(11-6-7-11)20-14(9)18-10(2)12-5-3-4-8-17-12/h3-5,8,10-11H,6-7H2,1-2H3,(H3,16,18,19,20). The Morgan fingerprint density at radius 2 is 2.10 bits per heavy atom. The maximum Gasteiger partial charge on any atom is 0.136 e. The highest BCUT2D eigenvalue weighted by molar-refractivity contribution is 5.55. The molecule has 20 heavy (non-hydrogen) atoms. The minimum atomic E-state index is 0.0799. The van der Waals surface area contributed by atoms with Crippen LogP contribution in [0.15, 0.2) is 24.4 Å². The molecule has 2 aromatic rings. The molecule has 0 amide bonds. The second kappa shape index (κ2) is 5.07. The monoisotopic (exact) mass is 269 g/mol. The normalized spacial score (nSPS) is 15.9. The van der Waals surface area contributed by atoms with Crippen LogP contribution in [0.3, 0.4) is 0 Å². The number of pyridine rings is 1. The topological polar surface area (TPSA) is 76.7 Å². The van der Waals surface area contributed by atoms with E-state index in [1.807, 2.05) is 25.1 Å². The van der Waals surface area contributed by atoms with Crippen LogP contribution >= 0.6 is 0 Å². The van der Waals surface area contributed by atoms with Gasteiger partial charge in [-0.2, -0.15) is 0 Å². The number of nitrogens with zero attached hydrogens (tertiary/aromatic N) is 3. The van der Waals surface area contributed by atoms with Crippen molar-refractivity contribution >= 4 is 11.6 Å². The zero-order chi connectivity index (χ0) is 14.1. The molecule has 5 heteroatoms. The fourth-order valence-corrected chi connectivity index (χ4v) is 2.13. The average Bonchev–Trinajstić information content (AvgIpc) is 3.29. The highest BCUT2D eigenvalue weighted by Crippen LogP contribution is 2.39. The molecule has 3 rings (SSSR count). The maximum atomic E-state index is 5.99. The number of nitrogens with one attached hydrogen (secondary N) is 1. The van der Waals surface area contributed by atoms with Crippen LogP contribution < -0.4 is 11.1 Å². The Bertz CT molecular complexity index is 607. The first-order chi connectivity index (χ1) is 9.65. The fraction of sp³-hybridized carbons (Fsp3) is 0.400. The third-order valence-corrected chi connectivity index (χ3v) is 3.63. The van der Waals surface area contributed by atoms with E-state index in [9.17, 15) is 0 Å². The van der Waals surface area contributed by atoms with E-state index in [1.165, 1.54) is 0 Å². The molecule has 2 aromatic heterocycles. The Morgan fingerprint density at radius 1 is 1.30 bits per heavy atom. The van der Waals surface area contributed by atoms with Gasteiger partial charge in [0.05, 0.1) is 11.7 Å². The van der Waals surface area contributed by atoms with Gasteiger partial charge in [0.1, 0.15) is 17.5 Å². The number of nitrogens with two attached hydrogens (primary N) is 1. The van der Waals surface area contributed by atoms with Crippen molar-refractivity contribution in [3.8, 4) is 0 Å². The Labute approximate surface area is 118 Å². The molecular formula is C15H19N5. The van der Waals surface area contributed by atoms with Gasteiger partial charge >= 0.3 is 0 Å². The number of hydrogen-bond donors (Lipinski definition) is 2.